The van der Waals surface area contributed by atoms with Crippen LogP contribution in [0.15, 0.2) is 24.3 Å². The molecule has 114 valence electrons. The first-order valence-electron chi connectivity index (χ1n) is 6.91. The predicted molar refractivity (Wildman–Crippen MR) is 72.9 cm³/mol. The molecule has 1 fully saturated rings. The number of aliphatic hydroxyl groups excluding tert-OH is 1. The van der Waals surface area contributed by atoms with Gasteiger partial charge >= 0.3 is 5.97 Å². The van der Waals surface area contributed by atoms with Crippen LogP contribution in [0, 0.1) is 11.7 Å². The number of aliphatic hydroxyl groups is 1. The topological polar surface area (TPSA) is 86.6 Å². The maximum Gasteiger partial charge on any atom is 0.306 e. The van der Waals surface area contributed by atoms with Crippen LogP contribution in [0.3, 0.4) is 0 Å². The summed E-state index contributed by atoms with van der Waals surface area (Å²) in [5, 5.41) is 21.5. The summed E-state index contributed by atoms with van der Waals surface area (Å²) in [6.45, 7) is 0. The van der Waals surface area contributed by atoms with E-state index in [1.165, 1.54) is 18.2 Å². The Morgan fingerprint density at radius 3 is 2.76 bits per heavy atom. The van der Waals surface area contributed by atoms with Gasteiger partial charge in [0.15, 0.2) is 0 Å². The van der Waals surface area contributed by atoms with Crippen molar-refractivity contribution in [2.45, 2.75) is 37.8 Å². The summed E-state index contributed by atoms with van der Waals surface area (Å²) in [4.78, 5) is 22.7. The second kappa shape index (κ2) is 6.67. The molecule has 0 bridgehead atoms. The lowest BCUT2D eigenvalue weighted by Gasteiger charge is -2.15. The SMILES string of the molecule is O=C(CC(O)c1cccc(F)c1)N[C@@H]1CC[C@H](C(=O)O)C1. The average molecular weight is 295 g/mol. The Balaban J connectivity index is 1.83. The third-order valence-corrected chi connectivity index (χ3v) is 3.76. The molecule has 1 aromatic carbocycles. The fourth-order valence-corrected chi connectivity index (χ4v) is 2.63. The van der Waals surface area contributed by atoms with Crippen molar-refractivity contribution in [3.63, 3.8) is 0 Å². The minimum atomic E-state index is -1.07. The number of hydrogen-bond donors (Lipinski definition) is 3. The van der Waals surface area contributed by atoms with Gasteiger partial charge in [0.25, 0.3) is 0 Å². The second-order valence-electron chi connectivity index (χ2n) is 5.39. The van der Waals surface area contributed by atoms with E-state index >= 15 is 0 Å². The Morgan fingerprint density at radius 2 is 2.14 bits per heavy atom. The van der Waals surface area contributed by atoms with Crippen molar-refractivity contribution in [3.05, 3.63) is 35.6 Å². The molecule has 1 aliphatic rings. The highest BCUT2D eigenvalue weighted by Crippen LogP contribution is 2.26. The quantitative estimate of drug-likeness (QED) is 0.770. The first-order chi connectivity index (χ1) is 9.95. The number of carbonyl (C=O) groups excluding carboxylic acids is 1. The van der Waals surface area contributed by atoms with Crippen molar-refractivity contribution in [1.82, 2.24) is 5.32 Å². The van der Waals surface area contributed by atoms with Gasteiger partial charge < -0.3 is 15.5 Å². The van der Waals surface area contributed by atoms with Crippen LogP contribution in [-0.2, 0) is 9.59 Å². The fourth-order valence-electron chi connectivity index (χ4n) is 2.63. The van der Waals surface area contributed by atoms with Gasteiger partial charge in [0.05, 0.1) is 18.4 Å². The van der Waals surface area contributed by atoms with Crippen molar-refractivity contribution in [2.75, 3.05) is 0 Å². The van der Waals surface area contributed by atoms with Gasteiger partial charge in [0.1, 0.15) is 5.82 Å². The number of carboxylic acid groups (broad SMARTS) is 1. The van der Waals surface area contributed by atoms with Crippen molar-refractivity contribution in [2.24, 2.45) is 5.92 Å². The first-order valence-corrected chi connectivity index (χ1v) is 6.91. The Hall–Kier alpha value is -1.95. The van der Waals surface area contributed by atoms with Crippen LogP contribution in [0.1, 0.15) is 37.4 Å². The molecule has 0 heterocycles. The van der Waals surface area contributed by atoms with Crippen LogP contribution in [0.2, 0.25) is 0 Å². The van der Waals surface area contributed by atoms with Gasteiger partial charge in [0.2, 0.25) is 5.91 Å². The van der Waals surface area contributed by atoms with E-state index in [9.17, 15) is 19.1 Å². The van der Waals surface area contributed by atoms with Gasteiger partial charge in [-0.3, -0.25) is 9.59 Å². The average Bonchev–Trinajstić information content (AvgIpc) is 2.87. The lowest BCUT2D eigenvalue weighted by Crippen LogP contribution is -2.34. The molecule has 1 aromatic rings. The van der Waals surface area contributed by atoms with Gasteiger partial charge in [-0.15, -0.1) is 0 Å². The molecular formula is C15H18FNO4. The molecule has 0 aliphatic heterocycles. The van der Waals surface area contributed by atoms with Gasteiger partial charge in [-0.2, -0.15) is 0 Å². The Bertz CT molecular complexity index is 534. The molecule has 0 radical (unpaired) electrons. The summed E-state index contributed by atoms with van der Waals surface area (Å²) < 4.78 is 13.0. The maximum atomic E-state index is 13.0. The number of benzene rings is 1. The molecule has 3 atom stereocenters. The molecule has 5 nitrogen and oxygen atoms in total. The molecule has 0 aromatic heterocycles. The second-order valence-corrected chi connectivity index (χ2v) is 5.39. The molecule has 6 heteroatoms. The highest BCUT2D eigenvalue weighted by Gasteiger charge is 2.30. The van der Waals surface area contributed by atoms with Gasteiger partial charge in [-0.25, -0.2) is 4.39 Å². The minimum Gasteiger partial charge on any atom is -0.481 e. The smallest absolute Gasteiger partial charge is 0.306 e. The Kier molecular flexibility index (Phi) is 4.90. The van der Waals surface area contributed by atoms with Crippen LogP contribution in [0.4, 0.5) is 4.39 Å². The summed E-state index contributed by atoms with van der Waals surface area (Å²) in [6.07, 6.45) is 0.345. The molecule has 1 unspecified atom stereocenters. The molecule has 0 spiro atoms. The van der Waals surface area contributed by atoms with E-state index in [0.29, 0.717) is 24.8 Å². The summed E-state index contributed by atoms with van der Waals surface area (Å²) in [7, 11) is 0. The van der Waals surface area contributed by atoms with Crippen molar-refractivity contribution in [3.8, 4) is 0 Å². The molecular weight excluding hydrogens is 277 g/mol. The van der Waals surface area contributed by atoms with E-state index in [1.54, 1.807) is 6.07 Å². The molecule has 3 N–H and O–H groups in total. The lowest BCUT2D eigenvalue weighted by molar-refractivity contribution is -0.141. The highest BCUT2D eigenvalue weighted by atomic mass is 19.1. The first kappa shape index (κ1) is 15.4. The normalized spacial score (nSPS) is 22.8. The predicted octanol–water partition coefficient (Wildman–Crippen LogP) is 1.62. The summed E-state index contributed by atoms with van der Waals surface area (Å²) >= 11 is 0. The summed E-state index contributed by atoms with van der Waals surface area (Å²) in [5.74, 6) is -2.08. The van der Waals surface area contributed by atoms with Crippen LogP contribution < -0.4 is 5.32 Å². The number of halogens is 1. The fraction of sp³-hybridized carbons (Fsp3) is 0.467. The van der Waals surface area contributed by atoms with E-state index in [0.717, 1.165) is 0 Å². The molecule has 1 saturated carbocycles. The lowest BCUT2D eigenvalue weighted by atomic mass is 10.1. The maximum absolute atomic E-state index is 13.0. The third kappa shape index (κ3) is 4.26. The summed E-state index contributed by atoms with van der Waals surface area (Å²) in [6, 6.07) is 5.31. The number of amides is 1. The standard InChI is InChI=1S/C15H18FNO4/c16-11-3-1-2-9(6-11)13(18)8-14(19)17-12-5-4-10(7-12)15(20)21/h1-3,6,10,12-13,18H,4-5,7-8H2,(H,17,19)(H,20,21)/t10-,12+,13?/m0/s1. The van der Waals surface area contributed by atoms with Gasteiger partial charge in [-0.1, -0.05) is 12.1 Å². The minimum absolute atomic E-state index is 0.168. The largest absolute Gasteiger partial charge is 0.481 e. The molecule has 2 rings (SSSR count). The number of carboxylic acids is 1. The molecule has 21 heavy (non-hydrogen) atoms. The number of carbonyl (C=O) groups is 2. The van der Waals surface area contributed by atoms with Crippen molar-refractivity contribution in [1.29, 1.82) is 0 Å². The highest BCUT2D eigenvalue weighted by molar-refractivity contribution is 5.77. The zero-order valence-corrected chi connectivity index (χ0v) is 11.5. The summed E-state index contributed by atoms with van der Waals surface area (Å²) in [5.41, 5.74) is 0.347. The molecule has 1 amide bonds. The zero-order valence-electron chi connectivity index (χ0n) is 11.5. The van der Waals surface area contributed by atoms with E-state index in [-0.39, 0.29) is 18.4 Å². The molecule has 0 saturated heterocycles. The Morgan fingerprint density at radius 1 is 1.38 bits per heavy atom. The number of rotatable bonds is 5. The number of aliphatic carboxylic acids is 1. The zero-order chi connectivity index (χ0) is 15.4. The van der Waals surface area contributed by atoms with E-state index in [1.807, 2.05) is 0 Å². The third-order valence-electron chi connectivity index (χ3n) is 3.76. The van der Waals surface area contributed by atoms with Gasteiger partial charge in [-0.05, 0) is 37.0 Å². The van der Waals surface area contributed by atoms with Crippen LogP contribution in [-0.4, -0.2) is 28.1 Å². The van der Waals surface area contributed by atoms with Crippen LogP contribution in [0.5, 0.6) is 0 Å². The van der Waals surface area contributed by atoms with E-state index < -0.39 is 23.8 Å². The Labute approximate surface area is 121 Å². The van der Waals surface area contributed by atoms with Crippen molar-refractivity contribution >= 4 is 11.9 Å². The van der Waals surface area contributed by atoms with E-state index in [2.05, 4.69) is 5.32 Å². The van der Waals surface area contributed by atoms with Gasteiger partial charge in [0, 0.05) is 6.04 Å². The monoisotopic (exact) mass is 295 g/mol. The van der Waals surface area contributed by atoms with Crippen LogP contribution >= 0.6 is 0 Å². The number of nitrogens with one attached hydrogen (secondary N) is 1. The van der Waals surface area contributed by atoms with Crippen LogP contribution in [0.25, 0.3) is 0 Å². The van der Waals surface area contributed by atoms with E-state index in [4.69, 9.17) is 5.11 Å². The van der Waals surface area contributed by atoms with Crippen molar-refractivity contribution < 1.29 is 24.2 Å². The number of hydrogen-bond acceptors (Lipinski definition) is 3. The molecule has 1 aliphatic carbocycles.